The Labute approximate surface area is 95.0 Å². The number of nitrogens with one attached hydrogen (secondary N) is 1. The molecule has 3 N–H and O–H groups in total. The molecule has 15 heavy (non-hydrogen) atoms. The van der Waals surface area contributed by atoms with E-state index in [1.807, 2.05) is 0 Å². The van der Waals surface area contributed by atoms with E-state index < -0.39 is 0 Å². The Morgan fingerprint density at radius 2 is 1.93 bits per heavy atom. The van der Waals surface area contributed by atoms with Gasteiger partial charge in [0.1, 0.15) is 0 Å². The predicted molar refractivity (Wildman–Crippen MR) is 66.9 cm³/mol. The van der Waals surface area contributed by atoms with Crippen LogP contribution in [0, 0.1) is 5.92 Å². The monoisotopic (exact) mass is 212 g/mol. The number of rotatable bonds is 6. The average Bonchev–Trinajstić information content (AvgIpc) is 2.67. The summed E-state index contributed by atoms with van der Waals surface area (Å²) in [4.78, 5) is 0. The lowest BCUT2D eigenvalue weighted by Gasteiger charge is -2.33. The van der Waals surface area contributed by atoms with Gasteiger partial charge >= 0.3 is 0 Å². The van der Waals surface area contributed by atoms with Crippen LogP contribution in [0.2, 0.25) is 0 Å². The molecule has 0 saturated heterocycles. The van der Waals surface area contributed by atoms with E-state index in [4.69, 9.17) is 5.73 Å². The second-order valence-corrected chi connectivity index (χ2v) is 5.82. The molecule has 1 rings (SSSR count). The summed E-state index contributed by atoms with van der Waals surface area (Å²) in [7, 11) is 0. The zero-order valence-corrected chi connectivity index (χ0v) is 10.7. The van der Waals surface area contributed by atoms with Crippen molar-refractivity contribution in [2.24, 2.45) is 11.7 Å². The smallest absolute Gasteiger partial charge is 0.0278 e. The van der Waals surface area contributed by atoms with Crippen LogP contribution in [0.1, 0.15) is 59.3 Å². The van der Waals surface area contributed by atoms with Crippen LogP contribution in [0.3, 0.4) is 0 Å². The molecule has 0 radical (unpaired) electrons. The summed E-state index contributed by atoms with van der Waals surface area (Å²) in [6, 6.07) is 0.728. The van der Waals surface area contributed by atoms with Crippen molar-refractivity contribution in [1.29, 1.82) is 0 Å². The van der Waals surface area contributed by atoms with Crippen molar-refractivity contribution >= 4 is 0 Å². The quantitative estimate of drug-likeness (QED) is 0.710. The molecule has 1 fully saturated rings. The summed E-state index contributed by atoms with van der Waals surface area (Å²) in [5.41, 5.74) is 6.07. The molecule has 1 atom stereocenters. The highest BCUT2D eigenvalue weighted by atomic mass is 15.0. The molecule has 1 saturated carbocycles. The Hall–Kier alpha value is -0.0800. The molecular weight excluding hydrogens is 184 g/mol. The molecule has 1 aliphatic carbocycles. The van der Waals surface area contributed by atoms with Crippen LogP contribution in [0.15, 0.2) is 0 Å². The molecule has 0 aromatic rings. The minimum Gasteiger partial charge on any atom is -0.329 e. The van der Waals surface area contributed by atoms with Crippen molar-refractivity contribution in [3.63, 3.8) is 0 Å². The molecule has 1 aliphatic rings. The van der Waals surface area contributed by atoms with Gasteiger partial charge in [-0.3, -0.25) is 0 Å². The topological polar surface area (TPSA) is 38.0 Å². The van der Waals surface area contributed by atoms with Gasteiger partial charge in [0, 0.05) is 18.1 Å². The van der Waals surface area contributed by atoms with E-state index in [2.05, 4.69) is 26.1 Å². The first kappa shape index (κ1) is 13.0. The van der Waals surface area contributed by atoms with Gasteiger partial charge in [-0.25, -0.2) is 0 Å². The number of hydrogen-bond donors (Lipinski definition) is 2. The summed E-state index contributed by atoms with van der Waals surface area (Å²) in [5, 5.41) is 3.77. The van der Waals surface area contributed by atoms with Crippen LogP contribution < -0.4 is 11.1 Å². The summed E-state index contributed by atoms with van der Waals surface area (Å²) in [5.74, 6) is 0.779. The molecule has 0 aromatic heterocycles. The fourth-order valence-corrected chi connectivity index (χ4v) is 2.40. The molecule has 2 nitrogen and oxygen atoms in total. The molecule has 1 unspecified atom stereocenters. The second kappa shape index (κ2) is 5.86. The third-order valence-corrected chi connectivity index (χ3v) is 3.63. The van der Waals surface area contributed by atoms with E-state index in [1.165, 1.54) is 38.5 Å². The van der Waals surface area contributed by atoms with E-state index in [9.17, 15) is 0 Å². The van der Waals surface area contributed by atoms with Crippen LogP contribution in [0.5, 0.6) is 0 Å². The largest absolute Gasteiger partial charge is 0.329 e. The van der Waals surface area contributed by atoms with Gasteiger partial charge in [-0.05, 0) is 38.5 Å². The van der Waals surface area contributed by atoms with Crippen LogP contribution >= 0.6 is 0 Å². The standard InChI is InChI=1S/C13H28N2/c1-11(2)8-9-13(3,10-14)15-12-6-4-5-7-12/h11-12,15H,4-10,14H2,1-3H3. The first-order valence-electron chi connectivity index (χ1n) is 6.53. The van der Waals surface area contributed by atoms with E-state index in [0.717, 1.165) is 18.5 Å². The van der Waals surface area contributed by atoms with Crippen LogP contribution in [0.25, 0.3) is 0 Å². The first-order valence-corrected chi connectivity index (χ1v) is 6.53. The third-order valence-electron chi connectivity index (χ3n) is 3.63. The Balaban J connectivity index is 2.36. The third kappa shape index (κ3) is 4.52. The SMILES string of the molecule is CC(C)CCC(C)(CN)NC1CCCC1. The van der Waals surface area contributed by atoms with Crippen LogP contribution in [0.4, 0.5) is 0 Å². The normalized spacial score (nSPS) is 22.2. The van der Waals surface area contributed by atoms with Crippen molar-refractivity contribution < 1.29 is 0 Å². The minimum atomic E-state index is 0.166. The zero-order chi connectivity index (χ0) is 11.3. The maximum atomic E-state index is 5.91. The van der Waals surface area contributed by atoms with E-state index in [-0.39, 0.29) is 5.54 Å². The zero-order valence-electron chi connectivity index (χ0n) is 10.7. The molecular formula is C13H28N2. The molecule has 0 aliphatic heterocycles. The predicted octanol–water partition coefficient (Wildman–Crippen LogP) is 2.67. The highest BCUT2D eigenvalue weighted by Gasteiger charge is 2.27. The van der Waals surface area contributed by atoms with Gasteiger partial charge in [0.2, 0.25) is 0 Å². The summed E-state index contributed by atoms with van der Waals surface area (Å²) in [6.45, 7) is 7.61. The fourth-order valence-electron chi connectivity index (χ4n) is 2.40. The van der Waals surface area contributed by atoms with Gasteiger partial charge in [-0.1, -0.05) is 26.7 Å². The van der Waals surface area contributed by atoms with Gasteiger partial charge in [0.15, 0.2) is 0 Å². The Morgan fingerprint density at radius 1 is 1.33 bits per heavy atom. The molecule has 0 spiro atoms. The molecule has 2 heteroatoms. The Kier molecular flexibility index (Phi) is 5.07. The van der Waals surface area contributed by atoms with E-state index >= 15 is 0 Å². The lowest BCUT2D eigenvalue weighted by Crippen LogP contribution is -2.52. The number of nitrogens with two attached hydrogens (primary N) is 1. The molecule has 0 amide bonds. The van der Waals surface area contributed by atoms with E-state index in [0.29, 0.717) is 0 Å². The molecule has 90 valence electrons. The lowest BCUT2D eigenvalue weighted by molar-refractivity contribution is 0.278. The fraction of sp³-hybridized carbons (Fsp3) is 1.00. The van der Waals surface area contributed by atoms with Crippen molar-refractivity contribution in [3.8, 4) is 0 Å². The summed E-state index contributed by atoms with van der Waals surface area (Å²) in [6.07, 6.45) is 7.95. The van der Waals surface area contributed by atoms with Gasteiger partial charge in [-0.15, -0.1) is 0 Å². The van der Waals surface area contributed by atoms with E-state index in [1.54, 1.807) is 0 Å². The highest BCUT2D eigenvalue weighted by Crippen LogP contribution is 2.23. The van der Waals surface area contributed by atoms with Crippen molar-refractivity contribution in [3.05, 3.63) is 0 Å². The van der Waals surface area contributed by atoms with Crippen LogP contribution in [-0.4, -0.2) is 18.1 Å². The molecule has 0 aromatic carbocycles. The highest BCUT2D eigenvalue weighted by molar-refractivity contribution is 4.89. The maximum absolute atomic E-state index is 5.91. The van der Waals surface area contributed by atoms with Crippen LogP contribution in [-0.2, 0) is 0 Å². The first-order chi connectivity index (χ1) is 7.06. The second-order valence-electron chi connectivity index (χ2n) is 5.82. The summed E-state index contributed by atoms with van der Waals surface area (Å²) >= 11 is 0. The molecule has 0 heterocycles. The Morgan fingerprint density at radius 3 is 2.40 bits per heavy atom. The average molecular weight is 212 g/mol. The summed E-state index contributed by atoms with van der Waals surface area (Å²) < 4.78 is 0. The molecule has 0 bridgehead atoms. The van der Waals surface area contributed by atoms with Gasteiger partial charge in [-0.2, -0.15) is 0 Å². The lowest BCUT2D eigenvalue weighted by atomic mass is 9.91. The van der Waals surface area contributed by atoms with Gasteiger partial charge in [0.05, 0.1) is 0 Å². The number of hydrogen-bond acceptors (Lipinski definition) is 2. The minimum absolute atomic E-state index is 0.166. The van der Waals surface area contributed by atoms with Crippen molar-refractivity contribution in [2.45, 2.75) is 70.9 Å². The van der Waals surface area contributed by atoms with Gasteiger partial charge in [0.25, 0.3) is 0 Å². The van der Waals surface area contributed by atoms with Crippen molar-refractivity contribution in [1.82, 2.24) is 5.32 Å². The van der Waals surface area contributed by atoms with Gasteiger partial charge < -0.3 is 11.1 Å². The van der Waals surface area contributed by atoms with Crippen molar-refractivity contribution in [2.75, 3.05) is 6.54 Å². The Bertz CT molecular complexity index is 173. The maximum Gasteiger partial charge on any atom is 0.0278 e.